The minimum Gasteiger partial charge on any atom is -0.306 e. The number of hydrogen-bond acceptors (Lipinski definition) is 3. The van der Waals surface area contributed by atoms with Crippen LogP contribution in [0.3, 0.4) is 0 Å². The Labute approximate surface area is 100 Å². The van der Waals surface area contributed by atoms with E-state index in [9.17, 15) is 0 Å². The summed E-state index contributed by atoms with van der Waals surface area (Å²) in [4.78, 5) is 4.90. The van der Waals surface area contributed by atoms with Gasteiger partial charge in [-0.2, -0.15) is 0 Å². The van der Waals surface area contributed by atoms with Crippen LogP contribution in [0, 0.1) is 12.3 Å². The van der Waals surface area contributed by atoms with Crippen molar-refractivity contribution in [3.8, 4) is 12.3 Å². The number of nitrogens with zero attached hydrogens (tertiary/aromatic N) is 2. The fourth-order valence-corrected chi connectivity index (χ4v) is 2.26. The largest absolute Gasteiger partial charge is 0.306 e. The van der Waals surface area contributed by atoms with Crippen LogP contribution in [0.25, 0.3) is 0 Å². The molecule has 1 unspecified atom stereocenters. The van der Waals surface area contributed by atoms with Gasteiger partial charge in [-0.3, -0.25) is 4.90 Å². The van der Waals surface area contributed by atoms with E-state index in [4.69, 9.17) is 6.42 Å². The zero-order valence-electron chi connectivity index (χ0n) is 10.9. The number of likely N-dealkylation sites (tertiary alicyclic amines) is 1. The van der Waals surface area contributed by atoms with Crippen LogP contribution in [0.5, 0.6) is 0 Å². The van der Waals surface area contributed by atoms with Gasteiger partial charge in [0.05, 0.1) is 6.54 Å². The van der Waals surface area contributed by atoms with Gasteiger partial charge in [0.2, 0.25) is 0 Å². The van der Waals surface area contributed by atoms with Crippen molar-refractivity contribution in [2.24, 2.45) is 0 Å². The molecule has 1 aliphatic rings. The summed E-state index contributed by atoms with van der Waals surface area (Å²) < 4.78 is 0. The van der Waals surface area contributed by atoms with Gasteiger partial charge in [-0.05, 0) is 47.0 Å². The second-order valence-corrected chi connectivity index (χ2v) is 4.88. The van der Waals surface area contributed by atoms with E-state index in [-0.39, 0.29) is 0 Å². The average Bonchev–Trinajstić information content (AvgIpc) is 2.29. The molecule has 0 amide bonds. The van der Waals surface area contributed by atoms with Crippen LogP contribution in [0.1, 0.15) is 19.8 Å². The molecule has 3 nitrogen and oxygen atoms in total. The zero-order chi connectivity index (χ0) is 12.0. The Hall–Kier alpha value is -0.560. The van der Waals surface area contributed by atoms with E-state index in [2.05, 4.69) is 42.1 Å². The number of likely N-dealkylation sites (N-methyl/N-ethyl adjacent to an activating group) is 1. The molecule has 1 heterocycles. The second kappa shape index (κ2) is 6.90. The summed E-state index contributed by atoms with van der Waals surface area (Å²) in [6.45, 7) is 6.36. The minimum atomic E-state index is 0.557. The van der Waals surface area contributed by atoms with Crippen molar-refractivity contribution in [2.75, 3.05) is 40.3 Å². The lowest BCUT2D eigenvalue weighted by molar-refractivity contribution is 0.113. The number of rotatable bonds is 5. The molecule has 1 N–H and O–H groups in total. The van der Waals surface area contributed by atoms with E-state index in [0.717, 1.165) is 12.6 Å². The summed E-state index contributed by atoms with van der Waals surface area (Å²) in [5, 5.41) is 3.28. The van der Waals surface area contributed by atoms with Crippen LogP contribution in [0.2, 0.25) is 0 Å². The predicted molar refractivity (Wildman–Crippen MR) is 69.4 cm³/mol. The molecule has 0 bridgehead atoms. The Kier molecular flexibility index (Phi) is 5.83. The van der Waals surface area contributed by atoms with Gasteiger partial charge in [0.1, 0.15) is 0 Å². The molecule has 1 atom stereocenters. The van der Waals surface area contributed by atoms with Crippen molar-refractivity contribution < 1.29 is 0 Å². The molecular formula is C13H25N3. The smallest absolute Gasteiger partial charge is 0.0574 e. The predicted octanol–water partition coefficient (Wildman–Crippen LogP) is 0.624. The van der Waals surface area contributed by atoms with Crippen molar-refractivity contribution >= 4 is 0 Å². The number of hydrogen-bond donors (Lipinski definition) is 1. The summed E-state index contributed by atoms with van der Waals surface area (Å²) in [5.74, 6) is 2.61. The van der Waals surface area contributed by atoms with Crippen molar-refractivity contribution in [1.29, 1.82) is 0 Å². The molecule has 1 rings (SSSR count). The highest BCUT2D eigenvalue weighted by Gasteiger charge is 2.23. The molecule has 0 spiro atoms. The van der Waals surface area contributed by atoms with Crippen LogP contribution >= 0.6 is 0 Å². The van der Waals surface area contributed by atoms with Gasteiger partial charge in [-0.1, -0.05) is 5.92 Å². The average molecular weight is 223 g/mol. The van der Waals surface area contributed by atoms with Crippen LogP contribution in [0.15, 0.2) is 0 Å². The maximum absolute atomic E-state index is 5.22. The highest BCUT2D eigenvalue weighted by Crippen LogP contribution is 2.15. The Morgan fingerprint density at radius 3 is 2.69 bits per heavy atom. The number of piperidine rings is 1. The Morgan fingerprint density at radius 2 is 2.12 bits per heavy atom. The van der Waals surface area contributed by atoms with Crippen LogP contribution in [-0.2, 0) is 0 Å². The first-order chi connectivity index (χ1) is 7.65. The lowest BCUT2D eigenvalue weighted by Gasteiger charge is -2.38. The SMILES string of the molecule is C#CCNCC(C)N(C)C1CCN(C)CC1. The van der Waals surface area contributed by atoms with E-state index < -0.39 is 0 Å². The fourth-order valence-electron chi connectivity index (χ4n) is 2.26. The number of terminal acetylenes is 1. The van der Waals surface area contributed by atoms with E-state index >= 15 is 0 Å². The van der Waals surface area contributed by atoms with Gasteiger partial charge < -0.3 is 10.2 Å². The molecule has 1 saturated heterocycles. The van der Waals surface area contributed by atoms with Crippen LogP contribution in [0.4, 0.5) is 0 Å². The number of nitrogens with one attached hydrogen (secondary N) is 1. The second-order valence-electron chi connectivity index (χ2n) is 4.88. The van der Waals surface area contributed by atoms with E-state index in [1.807, 2.05) is 0 Å². The van der Waals surface area contributed by atoms with Crippen molar-refractivity contribution in [2.45, 2.75) is 31.8 Å². The van der Waals surface area contributed by atoms with Gasteiger partial charge in [0.15, 0.2) is 0 Å². The standard InChI is InChI=1S/C13H25N3/c1-5-8-14-11-12(2)16(4)13-6-9-15(3)10-7-13/h1,12-14H,6-11H2,2-4H3. The summed E-state index contributed by atoms with van der Waals surface area (Å²) >= 11 is 0. The van der Waals surface area contributed by atoms with Gasteiger partial charge in [-0.25, -0.2) is 0 Å². The maximum atomic E-state index is 5.22. The van der Waals surface area contributed by atoms with Gasteiger partial charge >= 0.3 is 0 Å². The first-order valence-corrected chi connectivity index (χ1v) is 6.19. The molecule has 0 aromatic carbocycles. The molecule has 0 aliphatic carbocycles. The highest BCUT2D eigenvalue weighted by atomic mass is 15.2. The molecule has 3 heteroatoms. The zero-order valence-corrected chi connectivity index (χ0v) is 10.9. The van der Waals surface area contributed by atoms with Crippen molar-refractivity contribution in [3.63, 3.8) is 0 Å². The van der Waals surface area contributed by atoms with Crippen molar-refractivity contribution in [1.82, 2.24) is 15.1 Å². The summed E-state index contributed by atoms with van der Waals surface area (Å²) in [6, 6.07) is 1.29. The Bertz CT molecular complexity index is 226. The molecule has 0 saturated carbocycles. The molecule has 92 valence electrons. The van der Waals surface area contributed by atoms with E-state index in [0.29, 0.717) is 12.6 Å². The first kappa shape index (κ1) is 13.5. The third-order valence-electron chi connectivity index (χ3n) is 3.63. The minimum absolute atomic E-state index is 0.557. The quantitative estimate of drug-likeness (QED) is 0.545. The third-order valence-corrected chi connectivity index (χ3v) is 3.63. The van der Waals surface area contributed by atoms with Gasteiger partial charge in [-0.15, -0.1) is 6.42 Å². The third kappa shape index (κ3) is 4.13. The summed E-state index contributed by atoms with van der Waals surface area (Å²) in [7, 11) is 4.44. The van der Waals surface area contributed by atoms with Crippen LogP contribution < -0.4 is 5.32 Å². The Morgan fingerprint density at radius 1 is 1.50 bits per heavy atom. The molecule has 0 aromatic rings. The fraction of sp³-hybridized carbons (Fsp3) is 0.846. The first-order valence-electron chi connectivity index (χ1n) is 6.19. The van der Waals surface area contributed by atoms with Gasteiger partial charge in [0, 0.05) is 18.6 Å². The summed E-state index contributed by atoms with van der Waals surface area (Å²) in [5.41, 5.74) is 0. The molecule has 0 aromatic heterocycles. The molecule has 0 radical (unpaired) electrons. The van der Waals surface area contributed by atoms with E-state index in [1.54, 1.807) is 0 Å². The lowest BCUT2D eigenvalue weighted by atomic mass is 10.0. The molecule has 16 heavy (non-hydrogen) atoms. The lowest BCUT2D eigenvalue weighted by Crippen LogP contribution is -2.48. The topological polar surface area (TPSA) is 18.5 Å². The molecule has 1 fully saturated rings. The molecule has 1 aliphatic heterocycles. The monoisotopic (exact) mass is 223 g/mol. The highest BCUT2D eigenvalue weighted by molar-refractivity contribution is 4.87. The summed E-state index contributed by atoms with van der Waals surface area (Å²) in [6.07, 6.45) is 7.79. The maximum Gasteiger partial charge on any atom is 0.0574 e. The normalized spacial score (nSPS) is 20.9. The molecular weight excluding hydrogens is 198 g/mol. The van der Waals surface area contributed by atoms with Crippen molar-refractivity contribution in [3.05, 3.63) is 0 Å². The van der Waals surface area contributed by atoms with Crippen LogP contribution in [-0.4, -0.2) is 62.2 Å². The van der Waals surface area contributed by atoms with Gasteiger partial charge in [0.25, 0.3) is 0 Å². The Balaban J connectivity index is 2.27. The van der Waals surface area contributed by atoms with E-state index in [1.165, 1.54) is 25.9 Å².